The van der Waals surface area contributed by atoms with E-state index in [4.69, 9.17) is 9.84 Å². The van der Waals surface area contributed by atoms with Crippen LogP contribution in [0.5, 0.6) is 0 Å². The summed E-state index contributed by atoms with van der Waals surface area (Å²) < 4.78 is 6.76. The van der Waals surface area contributed by atoms with E-state index in [1.807, 2.05) is 0 Å². The van der Waals surface area contributed by atoms with Gasteiger partial charge in [-0.25, -0.2) is 9.97 Å². The Morgan fingerprint density at radius 3 is 2.85 bits per heavy atom. The van der Waals surface area contributed by atoms with Gasteiger partial charge in [-0.15, -0.1) is 0 Å². The molecule has 2 aromatic heterocycles. The van der Waals surface area contributed by atoms with E-state index in [1.165, 1.54) is 10.9 Å². The number of aliphatic hydroxyl groups excluding tert-OH is 3. The highest BCUT2D eigenvalue weighted by Crippen LogP contribution is 2.30. The summed E-state index contributed by atoms with van der Waals surface area (Å²) in [6.45, 7) is 1.20. The minimum atomic E-state index is -1.24. The molecule has 1 aliphatic rings. The van der Waals surface area contributed by atoms with E-state index in [0.29, 0.717) is 5.82 Å². The number of aromatic nitrogens is 4. The molecule has 0 saturated carbocycles. The average molecular weight is 282 g/mol. The molecule has 0 aliphatic carbocycles. The van der Waals surface area contributed by atoms with Crippen LogP contribution >= 0.6 is 0 Å². The van der Waals surface area contributed by atoms with Gasteiger partial charge < -0.3 is 25.0 Å². The van der Waals surface area contributed by atoms with Crippen molar-refractivity contribution in [3.8, 4) is 0 Å². The minimum absolute atomic E-state index is 0.119. The highest BCUT2D eigenvalue weighted by atomic mass is 16.6. The van der Waals surface area contributed by atoms with E-state index >= 15 is 0 Å². The molecule has 0 radical (unpaired) electrons. The highest BCUT2D eigenvalue weighted by Gasteiger charge is 2.44. The zero-order valence-corrected chi connectivity index (χ0v) is 10.6. The summed E-state index contributed by atoms with van der Waals surface area (Å²) in [5.41, 5.74) is -0.0209. The van der Waals surface area contributed by atoms with Crippen molar-refractivity contribution in [3.63, 3.8) is 0 Å². The van der Waals surface area contributed by atoms with Crippen LogP contribution in [0, 0.1) is 6.92 Å². The Balaban J connectivity index is 2.09. The minimum Gasteiger partial charge on any atom is -0.394 e. The maximum absolute atomic E-state index is 11.7. The third-order valence-electron chi connectivity index (χ3n) is 3.34. The molecule has 9 nitrogen and oxygen atoms in total. The van der Waals surface area contributed by atoms with Crippen LogP contribution in [-0.2, 0) is 4.74 Å². The van der Waals surface area contributed by atoms with Gasteiger partial charge in [0.25, 0.3) is 5.56 Å². The average Bonchev–Trinajstić information content (AvgIpc) is 2.93. The van der Waals surface area contributed by atoms with Crippen LogP contribution in [0.3, 0.4) is 0 Å². The van der Waals surface area contributed by atoms with Gasteiger partial charge in [-0.3, -0.25) is 9.36 Å². The number of imidazole rings is 1. The fourth-order valence-corrected chi connectivity index (χ4v) is 2.33. The fraction of sp³-hybridized carbons (Fsp3) is 0.545. The van der Waals surface area contributed by atoms with Crippen LogP contribution < -0.4 is 5.56 Å². The van der Waals surface area contributed by atoms with Gasteiger partial charge in [0, 0.05) is 0 Å². The summed E-state index contributed by atoms with van der Waals surface area (Å²) in [5.74, 6) is 0.399. The van der Waals surface area contributed by atoms with Crippen molar-refractivity contribution in [1.82, 2.24) is 19.5 Å². The van der Waals surface area contributed by atoms with Gasteiger partial charge in [0.1, 0.15) is 24.1 Å². The summed E-state index contributed by atoms with van der Waals surface area (Å²) in [6, 6.07) is 0. The molecule has 1 unspecified atom stereocenters. The van der Waals surface area contributed by atoms with Crippen molar-refractivity contribution < 1.29 is 20.1 Å². The first-order chi connectivity index (χ1) is 9.52. The summed E-state index contributed by atoms with van der Waals surface area (Å²) in [7, 11) is 0. The second kappa shape index (κ2) is 4.63. The number of rotatable bonds is 2. The molecule has 4 N–H and O–H groups in total. The number of hydrogen-bond acceptors (Lipinski definition) is 7. The zero-order chi connectivity index (χ0) is 14.4. The molecule has 3 heterocycles. The van der Waals surface area contributed by atoms with Crippen molar-refractivity contribution in [1.29, 1.82) is 0 Å². The molecule has 9 heteroatoms. The molecule has 1 aliphatic heterocycles. The van der Waals surface area contributed by atoms with E-state index in [0.717, 1.165) is 0 Å². The van der Waals surface area contributed by atoms with Gasteiger partial charge >= 0.3 is 0 Å². The summed E-state index contributed by atoms with van der Waals surface area (Å²) in [6.07, 6.45) is -3.00. The Labute approximate surface area is 112 Å². The van der Waals surface area contributed by atoms with Crippen LogP contribution in [0.1, 0.15) is 12.1 Å². The quantitative estimate of drug-likeness (QED) is 0.502. The maximum Gasteiger partial charge on any atom is 0.279 e. The molecular weight excluding hydrogens is 268 g/mol. The Bertz CT molecular complexity index is 696. The lowest BCUT2D eigenvalue weighted by molar-refractivity contribution is -0.0511. The number of aromatic amines is 1. The third-order valence-corrected chi connectivity index (χ3v) is 3.34. The van der Waals surface area contributed by atoms with Gasteiger partial charge in [0.15, 0.2) is 17.4 Å². The SMILES string of the molecule is Cc1nc2c(ncn2[C@@H]2O[C@H](CO)[C@H](O)C2O)c(=O)[nH]1. The number of fused-ring (bicyclic) bond motifs is 1. The summed E-state index contributed by atoms with van der Waals surface area (Å²) in [5, 5.41) is 28.8. The zero-order valence-electron chi connectivity index (χ0n) is 10.6. The Hall–Kier alpha value is -1.81. The predicted octanol–water partition coefficient (Wildman–Crippen LogP) is -1.96. The lowest BCUT2D eigenvalue weighted by atomic mass is 10.1. The van der Waals surface area contributed by atoms with E-state index in [9.17, 15) is 15.0 Å². The lowest BCUT2D eigenvalue weighted by Crippen LogP contribution is -2.33. The molecule has 1 saturated heterocycles. The Morgan fingerprint density at radius 2 is 2.20 bits per heavy atom. The van der Waals surface area contributed by atoms with Crippen molar-refractivity contribution in [2.75, 3.05) is 6.61 Å². The summed E-state index contributed by atoms with van der Waals surface area (Å²) in [4.78, 5) is 22.3. The molecule has 0 aromatic carbocycles. The second-order valence-corrected chi connectivity index (χ2v) is 4.70. The van der Waals surface area contributed by atoms with Crippen LogP contribution in [0.4, 0.5) is 0 Å². The van der Waals surface area contributed by atoms with Gasteiger partial charge in [-0.1, -0.05) is 0 Å². The number of aryl methyl sites for hydroxylation is 1. The molecule has 0 spiro atoms. The van der Waals surface area contributed by atoms with Crippen molar-refractivity contribution >= 4 is 11.2 Å². The van der Waals surface area contributed by atoms with Gasteiger partial charge in [-0.2, -0.15) is 0 Å². The number of nitrogens with zero attached hydrogens (tertiary/aromatic N) is 3. The molecular formula is C11H14N4O5. The van der Waals surface area contributed by atoms with Gasteiger partial charge in [0.05, 0.1) is 12.9 Å². The largest absolute Gasteiger partial charge is 0.394 e. The topological polar surface area (TPSA) is 133 Å². The van der Waals surface area contributed by atoms with Gasteiger partial charge in [0.2, 0.25) is 0 Å². The van der Waals surface area contributed by atoms with Crippen molar-refractivity contribution in [3.05, 3.63) is 22.5 Å². The van der Waals surface area contributed by atoms with Crippen molar-refractivity contribution in [2.24, 2.45) is 0 Å². The number of hydrogen-bond donors (Lipinski definition) is 4. The van der Waals surface area contributed by atoms with E-state index < -0.39 is 36.7 Å². The first-order valence-corrected chi connectivity index (χ1v) is 6.09. The van der Waals surface area contributed by atoms with Crippen LogP contribution in [0.25, 0.3) is 11.2 Å². The highest BCUT2D eigenvalue weighted by molar-refractivity contribution is 5.69. The lowest BCUT2D eigenvalue weighted by Gasteiger charge is -2.16. The third kappa shape index (κ3) is 1.83. The molecule has 4 atom stereocenters. The van der Waals surface area contributed by atoms with E-state index in [1.54, 1.807) is 6.92 Å². The fourth-order valence-electron chi connectivity index (χ4n) is 2.33. The molecule has 20 heavy (non-hydrogen) atoms. The number of nitrogens with one attached hydrogen (secondary N) is 1. The van der Waals surface area contributed by atoms with Crippen molar-refractivity contribution in [2.45, 2.75) is 31.5 Å². The summed E-state index contributed by atoms with van der Waals surface area (Å²) >= 11 is 0. The molecule has 3 rings (SSSR count). The molecule has 2 aromatic rings. The van der Waals surface area contributed by atoms with E-state index in [-0.39, 0.29) is 11.2 Å². The van der Waals surface area contributed by atoms with Gasteiger partial charge in [-0.05, 0) is 6.92 Å². The standard InChI is InChI=1S/C11H14N4O5/c1-4-13-9-6(10(19)14-4)12-3-15(9)11-8(18)7(17)5(2-16)20-11/h3,5,7-8,11,16-18H,2H2,1H3,(H,13,14,19)/t5-,7+,8?,11-/m1/s1. The normalized spacial score (nSPS) is 30.2. The van der Waals surface area contributed by atoms with Crippen LogP contribution in [0.2, 0.25) is 0 Å². The van der Waals surface area contributed by atoms with Crippen LogP contribution in [-0.4, -0.2) is 59.8 Å². The van der Waals surface area contributed by atoms with Crippen LogP contribution in [0.15, 0.2) is 11.1 Å². The molecule has 108 valence electrons. The first-order valence-electron chi connectivity index (χ1n) is 6.09. The monoisotopic (exact) mass is 282 g/mol. The molecule has 1 fully saturated rings. The predicted molar refractivity (Wildman–Crippen MR) is 65.9 cm³/mol. The Morgan fingerprint density at radius 1 is 1.45 bits per heavy atom. The second-order valence-electron chi connectivity index (χ2n) is 4.70. The molecule has 0 amide bonds. The number of aliphatic hydroxyl groups is 3. The maximum atomic E-state index is 11.7. The first kappa shape index (κ1) is 13.2. The van der Waals surface area contributed by atoms with E-state index in [2.05, 4.69) is 15.0 Å². The smallest absolute Gasteiger partial charge is 0.279 e. The number of ether oxygens (including phenoxy) is 1. The number of H-pyrrole nitrogens is 1. The molecule has 0 bridgehead atoms. The Kier molecular flexibility index (Phi) is 3.05.